The molecule has 0 atom stereocenters. The van der Waals surface area contributed by atoms with Crippen molar-refractivity contribution in [2.75, 3.05) is 6.54 Å². The first-order valence-corrected chi connectivity index (χ1v) is 7.29. The van der Waals surface area contributed by atoms with Crippen LogP contribution in [0.25, 0.3) is 0 Å². The topological polar surface area (TPSA) is 70.6 Å². The van der Waals surface area contributed by atoms with Crippen LogP contribution in [0.15, 0.2) is 5.16 Å². The Labute approximate surface area is 117 Å². The lowest BCUT2D eigenvalue weighted by Gasteiger charge is -2.22. The Hall–Kier alpha value is -0.770. The van der Waals surface area contributed by atoms with E-state index >= 15 is 0 Å². The van der Waals surface area contributed by atoms with E-state index in [-0.39, 0.29) is 5.41 Å². The molecule has 0 aromatic heterocycles. The van der Waals surface area contributed by atoms with E-state index in [2.05, 4.69) is 38.2 Å². The van der Waals surface area contributed by atoms with Crippen molar-refractivity contribution in [2.45, 2.75) is 66.8 Å². The van der Waals surface area contributed by atoms with E-state index in [0.717, 1.165) is 25.8 Å². The standard InChI is InChI=1S/C15H31N3O/c1-13(2,12(16)18-19)9-7-8-10-17-11-14(3,4)15(11,5)6/h11,17,19H,7-10H2,1-6H3,(H2,16,18). The molecule has 1 fully saturated rings. The van der Waals surface area contributed by atoms with Gasteiger partial charge in [0.2, 0.25) is 0 Å². The van der Waals surface area contributed by atoms with E-state index in [4.69, 9.17) is 10.9 Å². The number of amidine groups is 1. The van der Waals surface area contributed by atoms with Gasteiger partial charge in [-0.3, -0.25) is 0 Å². The minimum Gasteiger partial charge on any atom is -0.409 e. The van der Waals surface area contributed by atoms with Gasteiger partial charge in [-0.05, 0) is 30.2 Å². The minimum atomic E-state index is -0.215. The SMILES string of the molecule is CC(C)(CCCCNC1C(C)(C)C1(C)C)C(N)=NO. The molecule has 0 amide bonds. The van der Waals surface area contributed by atoms with Gasteiger partial charge in [-0.1, -0.05) is 53.1 Å². The van der Waals surface area contributed by atoms with Gasteiger partial charge >= 0.3 is 0 Å². The largest absolute Gasteiger partial charge is 0.409 e. The highest BCUT2D eigenvalue weighted by molar-refractivity contribution is 5.85. The fourth-order valence-corrected chi connectivity index (χ4v) is 2.91. The molecular weight excluding hydrogens is 238 g/mol. The number of nitrogens with one attached hydrogen (secondary N) is 1. The molecule has 0 heterocycles. The zero-order chi connectivity index (χ0) is 14.9. The van der Waals surface area contributed by atoms with Crippen LogP contribution in [0.4, 0.5) is 0 Å². The second-order valence-corrected chi connectivity index (χ2v) is 7.66. The third kappa shape index (κ3) is 3.22. The Morgan fingerprint density at radius 3 is 2.16 bits per heavy atom. The van der Waals surface area contributed by atoms with Crippen molar-refractivity contribution in [3.05, 3.63) is 0 Å². The summed E-state index contributed by atoms with van der Waals surface area (Å²) in [6.45, 7) is 14.4. The zero-order valence-corrected chi connectivity index (χ0v) is 13.4. The van der Waals surface area contributed by atoms with E-state index in [0.29, 0.717) is 22.7 Å². The lowest BCUT2D eigenvalue weighted by molar-refractivity contribution is 0.304. The lowest BCUT2D eigenvalue weighted by Crippen LogP contribution is -2.32. The van der Waals surface area contributed by atoms with Gasteiger partial charge in [0.25, 0.3) is 0 Å². The Bertz CT molecular complexity index is 331. The minimum absolute atomic E-state index is 0.215. The molecule has 4 N–H and O–H groups in total. The lowest BCUT2D eigenvalue weighted by atomic mass is 9.86. The predicted molar refractivity (Wildman–Crippen MR) is 80.4 cm³/mol. The summed E-state index contributed by atoms with van der Waals surface area (Å²) in [5.74, 6) is 0.324. The molecule has 0 aliphatic heterocycles. The number of nitrogens with zero attached hydrogens (tertiary/aromatic N) is 1. The maximum Gasteiger partial charge on any atom is 0.144 e. The van der Waals surface area contributed by atoms with Crippen LogP contribution >= 0.6 is 0 Å². The molecule has 0 unspecified atom stereocenters. The average Bonchev–Trinajstić information content (AvgIpc) is 2.69. The van der Waals surface area contributed by atoms with Crippen LogP contribution in [0.5, 0.6) is 0 Å². The van der Waals surface area contributed by atoms with Crippen LogP contribution in [0.2, 0.25) is 0 Å². The summed E-state index contributed by atoms with van der Waals surface area (Å²) in [5, 5.41) is 15.5. The van der Waals surface area contributed by atoms with Gasteiger partial charge in [0.15, 0.2) is 0 Å². The molecule has 1 aliphatic carbocycles. The number of hydrogen-bond acceptors (Lipinski definition) is 3. The third-order valence-electron chi connectivity index (χ3n) is 5.40. The third-order valence-corrected chi connectivity index (χ3v) is 5.40. The fraction of sp³-hybridized carbons (Fsp3) is 0.933. The Balaban J connectivity index is 2.20. The van der Waals surface area contributed by atoms with Gasteiger partial charge in [-0.15, -0.1) is 0 Å². The van der Waals surface area contributed by atoms with Crippen molar-refractivity contribution in [1.29, 1.82) is 0 Å². The van der Waals surface area contributed by atoms with E-state index in [1.807, 2.05) is 13.8 Å². The Morgan fingerprint density at radius 1 is 1.21 bits per heavy atom. The van der Waals surface area contributed by atoms with Crippen LogP contribution in [-0.2, 0) is 0 Å². The molecule has 4 heteroatoms. The van der Waals surface area contributed by atoms with Gasteiger partial charge in [-0.2, -0.15) is 0 Å². The molecule has 0 spiro atoms. The maximum atomic E-state index is 8.72. The summed E-state index contributed by atoms with van der Waals surface area (Å²) in [4.78, 5) is 0. The van der Waals surface area contributed by atoms with E-state index in [1.54, 1.807) is 0 Å². The van der Waals surface area contributed by atoms with Gasteiger partial charge in [0.05, 0.1) is 0 Å². The highest BCUT2D eigenvalue weighted by Gasteiger charge is 2.64. The zero-order valence-electron chi connectivity index (χ0n) is 13.4. The molecule has 0 bridgehead atoms. The van der Waals surface area contributed by atoms with E-state index < -0.39 is 0 Å². The molecular formula is C15H31N3O. The van der Waals surface area contributed by atoms with E-state index in [1.165, 1.54) is 0 Å². The predicted octanol–water partition coefficient (Wildman–Crippen LogP) is 2.95. The first-order chi connectivity index (χ1) is 8.57. The second kappa shape index (κ2) is 5.31. The number of hydrogen-bond donors (Lipinski definition) is 3. The quantitative estimate of drug-likeness (QED) is 0.219. The highest BCUT2D eigenvalue weighted by atomic mass is 16.4. The van der Waals surface area contributed by atoms with Crippen LogP contribution in [0, 0.1) is 16.2 Å². The van der Waals surface area contributed by atoms with Crippen LogP contribution < -0.4 is 11.1 Å². The molecule has 1 aliphatic rings. The number of oxime groups is 1. The van der Waals surface area contributed by atoms with Crippen LogP contribution in [0.1, 0.15) is 60.8 Å². The summed E-state index contributed by atoms with van der Waals surface area (Å²) >= 11 is 0. The highest BCUT2D eigenvalue weighted by Crippen LogP contribution is 2.62. The molecule has 0 aromatic rings. The van der Waals surface area contributed by atoms with E-state index in [9.17, 15) is 0 Å². The summed E-state index contributed by atoms with van der Waals surface area (Å²) in [7, 11) is 0. The van der Waals surface area contributed by atoms with Gasteiger partial charge in [0, 0.05) is 11.5 Å². The van der Waals surface area contributed by atoms with Crippen molar-refractivity contribution < 1.29 is 5.21 Å². The number of unbranched alkanes of at least 4 members (excludes halogenated alkanes) is 1. The van der Waals surface area contributed by atoms with Gasteiger partial charge < -0.3 is 16.3 Å². The van der Waals surface area contributed by atoms with Crippen molar-refractivity contribution in [3.63, 3.8) is 0 Å². The monoisotopic (exact) mass is 269 g/mol. The van der Waals surface area contributed by atoms with Crippen molar-refractivity contribution in [3.8, 4) is 0 Å². The van der Waals surface area contributed by atoms with Gasteiger partial charge in [0.1, 0.15) is 5.84 Å². The first kappa shape index (κ1) is 16.3. The summed E-state index contributed by atoms with van der Waals surface area (Å²) in [5.41, 5.74) is 6.27. The van der Waals surface area contributed by atoms with Crippen molar-refractivity contribution in [2.24, 2.45) is 27.1 Å². The fourth-order valence-electron chi connectivity index (χ4n) is 2.91. The van der Waals surface area contributed by atoms with Crippen LogP contribution in [0.3, 0.4) is 0 Å². The van der Waals surface area contributed by atoms with Crippen LogP contribution in [-0.4, -0.2) is 23.6 Å². The normalized spacial score (nSPS) is 22.5. The molecule has 0 radical (unpaired) electrons. The molecule has 0 saturated heterocycles. The molecule has 112 valence electrons. The molecule has 0 aromatic carbocycles. The maximum absolute atomic E-state index is 8.72. The van der Waals surface area contributed by atoms with Crippen molar-refractivity contribution in [1.82, 2.24) is 5.32 Å². The Kier molecular flexibility index (Phi) is 4.55. The number of rotatable bonds is 7. The summed E-state index contributed by atoms with van der Waals surface area (Å²) in [6.07, 6.45) is 3.16. The molecule has 1 saturated carbocycles. The smallest absolute Gasteiger partial charge is 0.144 e. The second-order valence-electron chi connectivity index (χ2n) is 7.66. The molecule has 1 rings (SSSR count). The number of nitrogens with two attached hydrogens (primary N) is 1. The van der Waals surface area contributed by atoms with Gasteiger partial charge in [-0.25, -0.2) is 0 Å². The first-order valence-electron chi connectivity index (χ1n) is 7.29. The molecule has 19 heavy (non-hydrogen) atoms. The summed E-state index contributed by atoms with van der Waals surface area (Å²) < 4.78 is 0. The van der Waals surface area contributed by atoms with Crippen molar-refractivity contribution >= 4 is 5.84 Å². The summed E-state index contributed by atoms with van der Waals surface area (Å²) in [6, 6.07) is 0.622. The Morgan fingerprint density at radius 2 is 1.74 bits per heavy atom. The molecule has 4 nitrogen and oxygen atoms in total. The average molecular weight is 269 g/mol.